The van der Waals surface area contributed by atoms with Crippen LogP contribution in [0.1, 0.15) is 40.8 Å². The van der Waals surface area contributed by atoms with Gasteiger partial charge in [-0.25, -0.2) is 4.98 Å². The minimum atomic E-state index is 0.566. The number of aryl methyl sites for hydroxylation is 3. The monoisotopic (exact) mass is 307 g/mol. The van der Waals surface area contributed by atoms with Crippen molar-refractivity contribution in [3.63, 3.8) is 0 Å². The van der Waals surface area contributed by atoms with Gasteiger partial charge in [-0.3, -0.25) is 4.40 Å². The maximum Gasteiger partial charge on any atom is 0.123 e. The van der Waals surface area contributed by atoms with Crippen molar-refractivity contribution in [3.8, 4) is 0 Å². The largest absolute Gasteiger partial charge is 0.383 e. The van der Waals surface area contributed by atoms with E-state index in [0.717, 1.165) is 25.5 Å². The molecule has 0 bridgehead atoms. The molecule has 2 aromatic heterocycles. The molecule has 1 atom stereocenters. The molecule has 116 valence electrons. The van der Waals surface area contributed by atoms with E-state index in [2.05, 4.69) is 30.1 Å². The minimum absolute atomic E-state index is 0.566. The van der Waals surface area contributed by atoms with E-state index in [1.54, 1.807) is 7.11 Å². The summed E-state index contributed by atoms with van der Waals surface area (Å²) in [7, 11) is 1.78. The van der Waals surface area contributed by atoms with Gasteiger partial charge in [0.25, 0.3) is 0 Å². The molecule has 3 rings (SSSR count). The van der Waals surface area contributed by atoms with Gasteiger partial charge in [0.2, 0.25) is 0 Å². The highest BCUT2D eigenvalue weighted by molar-refractivity contribution is 7.17. The van der Waals surface area contributed by atoms with Gasteiger partial charge < -0.3 is 9.64 Å². The van der Waals surface area contributed by atoms with Crippen LogP contribution in [0.3, 0.4) is 0 Å². The van der Waals surface area contributed by atoms with Crippen LogP contribution >= 0.6 is 11.3 Å². The molecule has 0 aromatic carbocycles. The summed E-state index contributed by atoms with van der Waals surface area (Å²) < 4.78 is 7.56. The fourth-order valence-corrected chi connectivity index (χ4v) is 4.58. The van der Waals surface area contributed by atoms with E-state index in [4.69, 9.17) is 9.72 Å². The van der Waals surface area contributed by atoms with E-state index in [-0.39, 0.29) is 0 Å². The van der Waals surface area contributed by atoms with Gasteiger partial charge in [0.05, 0.1) is 12.3 Å². The average molecular weight is 307 g/mol. The van der Waals surface area contributed by atoms with Crippen LogP contribution in [0, 0.1) is 20.8 Å². The summed E-state index contributed by atoms with van der Waals surface area (Å²) in [4.78, 5) is 10.2. The fourth-order valence-electron chi connectivity index (χ4n) is 3.37. The number of likely N-dealkylation sites (tertiary alicyclic amines) is 1. The van der Waals surface area contributed by atoms with Crippen molar-refractivity contribution in [3.05, 3.63) is 22.1 Å². The molecule has 0 amide bonds. The van der Waals surface area contributed by atoms with Crippen molar-refractivity contribution in [2.75, 3.05) is 33.4 Å². The molecule has 5 heteroatoms. The lowest BCUT2D eigenvalue weighted by Gasteiger charge is -2.31. The summed E-state index contributed by atoms with van der Waals surface area (Å²) in [5.74, 6) is 1.70. The zero-order valence-corrected chi connectivity index (χ0v) is 14.3. The summed E-state index contributed by atoms with van der Waals surface area (Å²) in [6.07, 6.45) is 2.52. The number of hydrogen-bond donors (Lipinski definition) is 0. The molecule has 1 saturated heterocycles. The summed E-state index contributed by atoms with van der Waals surface area (Å²) in [5.41, 5.74) is 2.66. The number of piperidine rings is 1. The molecule has 1 unspecified atom stereocenters. The molecular formula is C16H25N3OS. The van der Waals surface area contributed by atoms with Crippen molar-refractivity contribution in [1.82, 2.24) is 14.3 Å². The lowest BCUT2D eigenvalue weighted by atomic mass is 9.95. The number of ether oxygens (including phenoxy) is 1. The van der Waals surface area contributed by atoms with Crippen LogP contribution in [0.5, 0.6) is 0 Å². The average Bonchev–Trinajstić information content (AvgIpc) is 2.96. The predicted molar refractivity (Wildman–Crippen MR) is 87.6 cm³/mol. The van der Waals surface area contributed by atoms with Crippen LogP contribution < -0.4 is 0 Å². The summed E-state index contributed by atoms with van der Waals surface area (Å²) in [6.45, 7) is 10.7. The van der Waals surface area contributed by atoms with E-state index in [9.17, 15) is 0 Å². The van der Waals surface area contributed by atoms with Gasteiger partial charge in [-0.2, -0.15) is 0 Å². The maximum absolute atomic E-state index is 5.22. The van der Waals surface area contributed by atoms with Crippen molar-refractivity contribution in [1.29, 1.82) is 0 Å². The Morgan fingerprint density at radius 3 is 2.90 bits per heavy atom. The van der Waals surface area contributed by atoms with Gasteiger partial charge in [0.1, 0.15) is 10.7 Å². The first-order chi connectivity index (χ1) is 10.1. The highest BCUT2D eigenvalue weighted by Crippen LogP contribution is 2.34. The number of nitrogens with zero attached hydrogens (tertiary/aromatic N) is 3. The number of rotatable bonds is 4. The van der Waals surface area contributed by atoms with Gasteiger partial charge in [0, 0.05) is 36.7 Å². The van der Waals surface area contributed by atoms with Crippen LogP contribution in [0.15, 0.2) is 0 Å². The molecule has 1 fully saturated rings. The standard InChI is InChI=1S/C16H25N3OS/c1-11-12(2)21-16-15(17-13(3)19(11)16)14-6-5-7-18(10-14)8-9-20-4/h14H,5-10H2,1-4H3. The summed E-state index contributed by atoms with van der Waals surface area (Å²) in [6, 6.07) is 0. The third-order valence-corrected chi connectivity index (χ3v) is 5.81. The Labute approximate surface area is 130 Å². The van der Waals surface area contributed by atoms with Crippen LogP contribution in [0.25, 0.3) is 4.83 Å². The van der Waals surface area contributed by atoms with Crippen molar-refractivity contribution in [2.45, 2.75) is 39.5 Å². The third kappa shape index (κ3) is 2.74. The Bertz CT molecular complexity index is 631. The highest BCUT2D eigenvalue weighted by Gasteiger charge is 2.26. The SMILES string of the molecule is COCCN1CCCC(c2nc(C)n3c(C)c(C)sc23)C1. The van der Waals surface area contributed by atoms with Gasteiger partial charge in [-0.15, -0.1) is 11.3 Å². The Morgan fingerprint density at radius 1 is 1.33 bits per heavy atom. The zero-order chi connectivity index (χ0) is 15.0. The van der Waals surface area contributed by atoms with E-state index in [0.29, 0.717) is 5.92 Å². The number of aromatic nitrogens is 2. The predicted octanol–water partition coefficient (Wildman–Crippen LogP) is 3.15. The van der Waals surface area contributed by atoms with E-state index in [1.165, 1.54) is 40.5 Å². The van der Waals surface area contributed by atoms with E-state index < -0.39 is 0 Å². The lowest BCUT2D eigenvalue weighted by molar-refractivity contribution is 0.128. The van der Waals surface area contributed by atoms with E-state index >= 15 is 0 Å². The van der Waals surface area contributed by atoms with E-state index in [1.807, 2.05) is 11.3 Å². The van der Waals surface area contributed by atoms with Gasteiger partial charge in [-0.05, 0) is 40.2 Å². The number of fused-ring (bicyclic) bond motifs is 1. The summed E-state index contributed by atoms with van der Waals surface area (Å²) in [5, 5.41) is 0. The Kier molecular flexibility index (Phi) is 4.33. The molecule has 3 heterocycles. The first kappa shape index (κ1) is 15.0. The third-order valence-electron chi connectivity index (χ3n) is 4.63. The molecule has 1 aliphatic rings. The molecule has 1 aliphatic heterocycles. The second-order valence-corrected chi connectivity index (χ2v) is 7.26. The quantitative estimate of drug-likeness (QED) is 0.869. The van der Waals surface area contributed by atoms with Crippen LogP contribution in [-0.4, -0.2) is 47.6 Å². The highest BCUT2D eigenvalue weighted by atomic mass is 32.1. The smallest absolute Gasteiger partial charge is 0.123 e. The van der Waals surface area contributed by atoms with Gasteiger partial charge in [-0.1, -0.05) is 0 Å². The topological polar surface area (TPSA) is 29.8 Å². The number of imidazole rings is 1. The normalized spacial score (nSPS) is 20.5. The lowest BCUT2D eigenvalue weighted by Crippen LogP contribution is -2.36. The Balaban J connectivity index is 1.88. The van der Waals surface area contributed by atoms with Gasteiger partial charge >= 0.3 is 0 Å². The molecule has 2 aromatic rings. The number of methoxy groups -OCH3 is 1. The molecule has 0 spiro atoms. The van der Waals surface area contributed by atoms with Crippen molar-refractivity contribution in [2.24, 2.45) is 0 Å². The first-order valence-corrected chi connectivity index (χ1v) is 8.59. The van der Waals surface area contributed by atoms with Crippen LogP contribution in [0.2, 0.25) is 0 Å². The molecule has 0 N–H and O–H groups in total. The Hall–Kier alpha value is -0.910. The second kappa shape index (κ2) is 6.07. The molecule has 21 heavy (non-hydrogen) atoms. The summed E-state index contributed by atoms with van der Waals surface area (Å²) >= 11 is 1.90. The first-order valence-electron chi connectivity index (χ1n) is 7.78. The van der Waals surface area contributed by atoms with Gasteiger partial charge in [0.15, 0.2) is 0 Å². The fraction of sp³-hybridized carbons (Fsp3) is 0.688. The molecule has 0 saturated carbocycles. The van der Waals surface area contributed by atoms with Crippen molar-refractivity contribution >= 4 is 16.2 Å². The van der Waals surface area contributed by atoms with Crippen LogP contribution in [0.4, 0.5) is 0 Å². The number of thiazole rings is 1. The molecule has 4 nitrogen and oxygen atoms in total. The maximum atomic E-state index is 5.22. The zero-order valence-electron chi connectivity index (χ0n) is 13.5. The molecule has 0 radical (unpaired) electrons. The number of hydrogen-bond acceptors (Lipinski definition) is 4. The second-order valence-electron chi connectivity index (χ2n) is 6.06. The minimum Gasteiger partial charge on any atom is -0.383 e. The van der Waals surface area contributed by atoms with Crippen LogP contribution in [-0.2, 0) is 4.74 Å². The molecular weight excluding hydrogens is 282 g/mol. The molecule has 0 aliphatic carbocycles. The van der Waals surface area contributed by atoms with Crippen molar-refractivity contribution < 1.29 is 4.74 Å². The Morgan fingerprint density at radius 2 is 2.14 bits per heavy atom.